The van der Waals surface area contributed by atoms with Gasteiger partial charge in [0.05, 0.1) is 0 Å². The molecular weight excluding hydrogens is 272 g/mol. The highest BCUT2D eigenvalue weighted by molar-refractivity contribution is 7.13. The second-order valence-corrected chi connectivity index (χ2v) is 4.92. The zero-order valence-corrected chi connectivity index (χ0v) is 10.6. The van der Waals surface area contributed by atoms with Gasteiger partial charge in [-0.3, -0.25) is 0 Å². The average molecular weight is 279 g/mol. The van der Waals surface area contributed by atoms with E-state index in [4.69, 9.17) is 16.1 Å². The van der Waals surface area contributed by atoms with Crippen molar-refractivity contribution in [1.82, 2.24) is 10.1 Å². The van der Waals surface area contributed by atoms with Gasteiger partial charge in [-0.25, -0.2) is 0 Å². The van der Waals surface area contributed by atoms with E-state index in [0.717, 1.165) is 5.56 Å². The van der Waals surface area contributed by atoms with Gasteiger partial charge in [-0.1, -0.05) is 28.9 Å². The van der Waals surface area contributed by atoms with Crippen molar-refractivity contribution in [1.29, 1.82) is 0 Å². The molecule has 90 valence electrons. The van der Waals surface area contributed by atoms with E-state index < -0.39 is 0 Å². The Kier molecular flexibility index (Phi) is 2.77. The standard InChI is InChI=1S/C12H7ClN2O2S/c13-8-3-1-2-7(6-8)11-14-12(17-15-11)10-9(16)4-5-18-10/h1-6,16H. The molecule has 0 spiro atoms. The molecule has 6 heteroatoms. The molecule has 0 aliphatic rings. The number of benzene rings is 1. The fourth-order valence-corrected chi connectivity index (χ4v) is 2.42. The molecule has 1 aromatic carbocycles. The van der Waals surface area contributed by atoms with Gasteiger partial charge in [0.2, 0.25) is 5.82 Å². The summed E-state index contributed by atoms with van der Waals surface area (Å²) in [5.41, 5.74) is 0.772. The molecule has 18 heavy (non-hydrogen) atoms. The van der Waals surface area contributed by atoms with Gasteiger partial charge in [-0.2, -0.15) is 4.98 Å². The molecule has 0 atom stereocenters. The summed E-state index contributed by atoms with van der Waals surface area (Å²) in [7, 11) is 0. The highest BCUT2D eigenvalue weighted by Crippen LogP contribution is 2.34. The molecule has 4 nitrogen and oxygen atoms in total. The van der Waals surface area contributed by atoms with E-state index in [2.05, 4.69) is 10.1 Å². The molecule has 3 rings (SSSR count). The van der Waals surface area contributed by atoms with Crippen LogP contribution < -0.4 is 0 Å². The van der Waals surface area contributed by atoms with E-state index in [-0.39, 0.29) is 5.75 Å². The summed E-state index contributed by atoms with van der Waals surface area (Å²) in [6, 6.07) is 8.77. The van der Waals surface area contributed by atoms with Crippen molar-refractivity contribution >= 4 is 22.9 Å². The molecule has 0 unspecified atom stereocenters. The molecule has 0 saturated carbocycles. The van der Waals surface area contributed by atoms with Gasteiger partial charge < -0.3 is 9.63 Å². The smallest absolute Gasteiger partial charge is 0.272 e. The summed E-state index contributed by atoms with van der Waals surface area (Å²) in [5.74, 6) is 0.888. The highest BCUT2D eigenvalue weighted by atomic mass is 35.5. The largest absolute Gasteiger partial charge is 0.506 e. The topological polar surface area (TPSA) is 59.2 Å². The van der Waals surface area contributed by atoms with Gasteiger partial charge in [0.25, 0.3) is 5.89 Å². The maximum Gasteiger partial charge on any atom is 0.272 e. The first-order chi connectivity index (χ1) is 8.74. The maximum absolute atomic E-state index is 9.59. The molecular formula is C12H7ClN2O2S. The van der Waals surface area contributed by atoms with Gasteiger partial charge in [-0.15, -0.1) is 11.3 Å². The minimum atomic E-state index is 0.140. The third-order valence-electron chi connectivity index (χ3n) is 2.35. The highest BCUT2D eigenvalue weighted by Gasteiger charge is 2.15. The van der Waals surface area contributed by atoms with Crippen LogP contribution in [0.1, 0.15) is 0 Å². The molecule has 2 aromatic heterocycles. The van der Waals surface area contributed by atoms with Crippen molar-refractivity contribution in [3.8, 4) is 27.9 Å². The molecule has 0 saturated heterocycles. The van der Waals surface area contributed by atoms with Crippen LogP contribution in [0, 0.1) is 0 Å². The van der Waals surface area contributed by atoms with Crippen LogP contribution in [0.2, 0.25) is 5.02 Å². The first-order valence-electron chi connectivity index (χ1n) is 5.10. The van der Waals surface area contributed by atoms with E-state index in [1.807, 2.05) is 12.1 Å². The van der Waals surface area contributed by atoms with Crippen molar-refractivity contribution < 1.29 is 9.63 Å². The van der Waals surface area contributed by atoms with Crippen molar-refractivity contribution in [3.63, 3.8) is 0 Å². The summed E-state index contributed by atoms with van der Waals surface area (Å²) in [6.45, 7) is 0. The zero-order chi connectivity index (χ0) is 12.5. The molecule has 0 fully saturated rings. The second kappa shape index (κ2) is 4.44. The van der Waals surface area contributed by atoms with E-state index in [1.54, 1.807) is 23.6 Å². The minimum Gasteiger partial charge on any atom is -0.506 e. The summed E-state index contributed by atoms with van der Waals surface area (Å²) in [6.07, 6.45) is 0. The lowest BCUT2D eigenvalue weighted by atomic mass is 10.2. The normalized spacial score (nSPS) is 10.7. The fourth-order valence-electron chi connectivity index (χ4n) is 1.52. The number of aromatic nitrogens is 2. The van der Waals surface area contributed by atoms with Crippen LogP contribution in [0.4, 0.5) is 0 Å². The Bertz CT molecular complexity index is 693. The van der Waals surface area contributed by atoms with E-state index >= 15 is 0 Å². The van der Waals surface area contributed by atoms with Gasteiger partial charge in [0.15, 0.2) is 0 Å². The molecule has 0 aliphatic carbocycles. The molecule has 0 bridgehead atoms. The summed E-state index contributed by atoms with van der Waals surface area (Å²) in [5, 5.41) is 15.8. The third-order valence-corrected chi connectivity index (χ3v) is 3.47. The number of rotatable bonds is 2. The van der Waals surface area contributed by atoms with Crippen molar-refractivity contribution in [2.24, 2.45) is 0 Å². The Morgan fingerprint density at radius 2 is 2.17 bits per heavy atom. The number of nitrogens with zero attached hydrogens (tertiary/aromatic N) is 2. The van der Waals surface area contributed by atoms with Gasteiger partial charge >= 0.3 is 0 Å². The molecule has 0 radical (unpaired) electrons. The minimum absolute atomic E-state index is 0.140. The molecule has 0 aliphatic heterocycles. The van der Waals surface area contributed by atoms with Crippen LogP contribution in [-0.4, -0.2) is 15.2 Å². The first kappa shape index (κ1) is 11.3. The van der Waals surface area contributed by atoms with Crippen molar-refractivity contribution in [3.05, 3.63) is 40.7 Å². The Balaban J connectivity index is 2.02. The van der Waals surface area contributed by atoms with Gasteiger partial charge in [-0.05, 0) is 23.6 Å². The fraction of sp³-hybridized carbons (Fsp3) is 0. The quantitative estimate of drug-likeness (QED) is 0.774. The number of halogens is 1. The van der Waals surface area contributed by atoms with Crippen molar-refractivity contribution in [2.45, 2.75) is 0 Å². The SMILES string of the molecule is Oc1ccsc1-c1nc(-c2cccc(Cl)c2)no1. The number of aromatic hydroxyl groups is 1. The summed E-state index contributed by atoms with van der Waals surface area (Å²) in [4.78, 5) is 4.80. The van der Waals surface area contributed by atoms with Gasteiger partial charge in [0.1, 0.15) is 10.6 Å². The van der Waals surface area contributed by atoms with E-state index in [0.29, 0.717) is 21.6 Å². The molecule has 3 aromatic rings. The summed E-state index contributed by atoms with van der Waals surface area (Å²) >= 11 is 7.24. The van der Waals surface area contributed by atoms with Crippen LogP contribution in [-0.2, 0) is 0 Å². The Hall–Kier alpha value is -1.85. The lowest BCUT2D eigenvalue weighted by Gasteiger charge is -1.93. The van der Waals surface area contributed by atoms with Crippen LogP contribution in [0.5, 0.6) is 5.75 Å². The molecule has 1 N–H and O–H groups in total. The lowest BCUT2D eigenvalue weighted by molar-refractivity contribution is 0.427. The number of thiophene rings is 1. The average Bonchev–Trinajstić information content (AvgIpc) is 2.97. The predicted molar refractivity (Wildman–Crippen MR) is 69.7 cm³/mol. The Labute approximate surface area is 111 Å². The van der Waals surface area contributed by atoms with Crippen LogP contribution >= 0.6 is 22.9 Å². The van der Waals surface area contributed by atoms with Crippen LogP contribution in [0.15, 0.2) is 40.2 Å². The van der Waals surface area contributed by atoms with Crippen LogP contribution in [0.3, 0.4) is 0 Å². The molecule has 2 heterocycles. The number of hydrogen-bond acceptors (Lipinski definition) is 5. The van der Waals surface area contributed by atoms with E-state index in [9.17, 15) is 5.11 Å². The maximum atomic E-state index is 9.59. The Morgan fingerprint density at radius 3 is 2.89 bits per heavy atom. The third kappa shape index (κ3) is 1.98. The van der Waals surface area contributed by atoms with Gasteiger partial charge in [0, 0.05) is 10.6 Å². The van der Waals surface area contributed by atoms with E-state index in [1.165, 1.54) is 11.3 Å². The van der Waals surface area contributed by atoms with Crippen LogP contribution in [0.25, 0.3) is 22.2 Å². The molecule has 0 amide bonds. The Morgan fingerprint density at radius 1 is 1.28 bits per heavy atom. The number of hydrogen-bond donors (Lipinski definition) is 1. The second-order valence-electron chi connectivity index (χ2n) is 3.57. The zero-order valence-electron chi connectivity index (χ0n) is 9.00. The lowest BCUT2D eigenvalue weighted by Crippen LogP contribution is -1.80. The first-order valence-corrected chi connectivity index (χ1v) is 6.36. The monoisotopic (exact) mass is 278 g/mol. The predicted octanol–water partition coefficient (Wildman–Crippen LogP) is 3.82. The summed E-state index contributed by atoms with van der Waals surface area (Å²) < 4.78 is 5.13. The van der Waals surface area contributed by atoms with Crippen molar-refractivity contribution in [2.75, 3.05) is 0 Å².